The fourth-order valence-electron chi connectivity index (χ4n) is 1.63. The lowest BCUT2D eigenvalue weighted by molar-refractivity contribution is -0.173. The second-order valence-corrected chi connectivity index (χ2v) is 5.06. The quantitative estimate of drug-likeness (QED) is 0.777. The van der Waals surface area contributed by atoms with Crippen molar-refractivity contribution >= 4 is 18.5 Å². The summed E-state index contributed by atoms with van der Waals surface area (Å²) in [5, 5.41) is 4.86. The molecule has 1 heterocycles. The van der Waals surface area contributed by atoms with Crippen LogP contribution in [-0.4, -0.2) is 37.0 Å². The molecule has 0 unspecified atom stereocenters. The maximum absolute atomic E-state index is 12.6. The predicted molar refractivity (Wildman–Crippen MR) is 62.8 cm³/mol. The molecule has 1 aliphatic heterocycles. The molecular weight excluding hydrogens is 273 g/mol. The number of carbonyl (C=O) groups is 1. The van der Waals surface area contributed by atoms with Crippen LogP contribution in [0.15, 0.2) is 0 Å². The number of alkyl halides is 3. The number of hydrogen-bond donors (Lipinski definition) is 2. The summed E-state index contributed by atoms with van der Waals surface area (Å²) < 4.78 is 42.6. The van der Waals surface area contributed by atoms with Crippen LogP contribution in [-0.2, 0) is 4.74 Å². The van der Waals surface area contributed by atoms with Gasteiger partial charge < -0.3 is 15.4 Å². The van der Waals surface area contributed by atoms with Gasteiger partial charge in [0.05, 0.1) is 12.0 Å². The van der Waals surface area contributed by atoms with Crippen LogP contribution in [0.25, 0.3) is 0 Å². The monoisotopic (exact) mass is 290 g/mol. The average molecular weight is 291 g/mol. The minimum absolute atomic E-state index is 0. The summed E-state index contributed by atoms with van der Waals surface area (Å²) in [6.45, 7) is 4.88. The highest BCUT2D eigenvalue weighted by atomic mass is 35.5. The Bertz CT molecular complexity index is 292. The fraction of sp³-hybridized carbons (Fsp3) is 0.900. The Kier molecular flexibility index (Phi) is 5.74. The van der Waals surface area contributed by atoms with E-state index in [-0.39, 0.29) is 25.5 Å². The highest BCUT2D eigenvalue weighted by molar-refractivity contribution is 5.85. The Morgan fingerprint density at radius 1 is 1.28 bits per heavy atom. The molecule has 1 saturated heterocycles. The molecule has 0 aliphatic carbocycles. The molecule has 0 bridgehead atoms. The zero-order chi connectivity index (χ0) is 13.3. The van der Waals surface area contributed by atoms with E-state index in [1.54, 1.807) is 20.8 Å². The molecular formula is C10H18ClF3N2O2. The first-order valence-corrected chi connectivity index (χ1v) is 5.36. The number of alkyl carbamates (subject to hydrolysis) is 1. The molecule has 0 radical (unpaired) electrons. The van der Waals surface area contributed by atoms with E-state index >= 15 is 0 Å². The normalized spacial score (nSPS) is 24.3. The fourth-order valence-corrected chi connectivity index (χ4v) is 1.63. The average Bonchev–Trinajstić information content (AvgIpc) is 2.46. The molecule has 0 saturated carbocycles. The van der Waals surface area contributed by atoms with E-state index in [1.807, 2.05) is 0 Å². The van der Waals surface area contributed by atoms with Gasteiger partial charge in [-0.15, -0.1) is 12.4 Å². The van der Waals surface area contributed by atoms with Gasteiger partial charge in [-0.2, -0.15) is 13.2 Å². The van der Waals surface area contributed by atoms with Crippen LogP contribution < -0.4 is 10.6 Å². The Morgan fingerprint density at radius 3 is 2.28 bits per heavy atom. The van der Waals surface area contributed by atoms with Gasteiger partial charge in [0.2, 0.25) is 0 Å². The van der Waals surface area contributed by atoms with Crippen LogP contribution in [0.4, 0.5) is 18.0 Å². The molecule has 18 heavy (non-hydrogen) atoms. The molecule has 1 rings (SSSR count). The van der Waals surface area contributed by atoms with Gasteiger partial charge in [-0.25, -0.2) is 4.79 Å². The molecule has 8 heteroatoms. The van der Waals surface area contributed by atoms with E-state index in [0.29, 0.717) is 0 Å². The molecule has 108 valence electrons. The lowest BCUT2D eigenvalue weighted by atomic mass is 10.0. The summed E-state index contributed by atoms with van der Waals surface area (Å²) >= 11 is 0. The predicted octanol–water partition coefficient (Wildman–Crippen LogP) is 2.08. The maximum Gasteiger partial charge on any atom is 0.407 e. The summed E-state index contributed by atoms with van der Waals surface area (Å²) in [4.78, 5) is 11.4. The van der Waals surface area contributed by atoms with Crippen LogP contribution in [0.2, 0.25) is 0 Å². The second-order valence-electron chi connectivity index (χ2n) is 5.06. The van der Waals surface area contributed by atoms with Crippen molar-refractivity contribution in [3.05, 3.63) is 0 Å². The number of carbonyl (C=O) groups excluding carboxylic acids is 1. The highest BCUT2D eigenvalue weighted by Crippen LogP contribution is 2.30. The topological polar surface area (TPSA) is 50.4 Å². The Labute approximate surface area is 110 Å². The first kappa shape index (κ1) is 17.3. The van der Waals surface area contributed by atoms with Crippen LogP contribution in [0.3, 0.4) is 0 Å². The van der Waals surface area contributed by atoms with E-state index < -0.39 is 29.8 Å². The van der Waals surface area contributed by atoms with Crippen molar-refractivity contribution in [1.82, 2.24) is 10.6 Å². The van der Waals surface area contributed by atoms with Gasteiger partial charge in [0, 0.05) is 13.1 Å². The molecule has 0 aromatic heterocycles. The number of halogens is 4. The van der Waals surface area contributed by atoms with E-state index in [2.05, 4.69) is 10.6 Å². The van der Waals surface area contributed by atoms with Crippen molar-refractivity contribution < 1.29 is 22.7 Å². The number of amides is 1. The second kappa shape index (κ2) is 5.97. The Balaban J connectivity index is 0.00000289. The van der Waals surface area contributed by atoms with Gasteiger partial charge in [-0.1, -0.05) is 0 Å². The molecule has 1 amide bonds. The summed E-state index contributed by atoms with van der Waals surface area (Å²) in [6.07, 6.45) is -5.14. The lowest BCUT2D eigenvalue weighted by Crippen LogP contribution is -2.47. The van der Waals surface area contributed by atoms with Crippen LogP contribution in [0.1, 0.15) is 20.8 Å². The third-order valence-electron chi connectivity index (χ3n) is 2.34. The van der Waals surface area contributed by atoms with Gasteiger partial charge in [-0.3, -0.25) is 0 Å². The van der Waals surface area contributed by atoms with Crippen molar-refractivity contribution in [1.29, 1.82) is 0 Å². The number of hydrogen-bond acceptors (Lipinski definition) is 3. The molecule has 0 spiro atoms. The van der Waals surface area contributed by atoms with Gasteiger partial charge >= 0.3 is 12.3 Å². The van der Waals surface area contributed by atoms with Crippen molar-refractivity contribution in [3.8, 4) is 0 Å². The zero-order valence-corrected chi connectivity index (χ0v) is 11.2. The van der Waals surface area contributed by atoms with Crippen LogP contribution in [0.5, 0.6) is 0 Å². The van der Waals surface area contributed by atoms with Crippen LogP contribution >= 0.6 is 12.4 Å². The summed E-state index contributed by atoms with van der Waals surface area (Å²) in [6, 6.07) is -0.968. The molecule has 0 aromatic rings. The number of nitrogens with one attached hydrogen (secondary N) is 2. The Morgan fingerprint density at radius 2 is 1.83 bits per heavy atom. The minimum atomic E-state index is -4.32. The largest absolute Gasteiger partial charge is 0.444 e. The number of ether oxygens (including phenoxy) is 1. The standard InChI is InChI=1S/C10H17F3N2O2.ClH/c1-9(2,3)17-8(16)15-7-5-14-4-6(7)10(11,12)13;/h6-7,14H,4-5H2,1-3H3,(H,15,16);1H/t6-,7-;/m0./s1. The van der Waals surface area contributed by atoms with E-state index in [4.69, 9.17) is 4.74 Å². The van der Waals surface area contributed by atoms with E-state index in [9.17, 15) is 18.0 Å². The lowest BCUT2D eigenvalue weighted by Gasteiger charge is -2.25. The first-order chi connectivity index (χ1) is 7.59. The highest BCUT2D eigenvalue weighted by Gasteiger charge is 2.47. The minimum Gasteiger partial charge on any atom is -0.444 e. The zero-order valence-electron chi connectivity index (χ0n) is 10.4. The SMILES string of the molecule is CC(C)(C)OC(=O)N[C@H]1CNC[C@@H]1C(F)(F)F.Cl. The van der Waals surface area contributed by atoms with Crippen molar-refractivity contribution in [2.24, 2.45) is 5.92 Å². The Hall–Kier alpha value is -0.690. The van der Waals surface area contributed by atoms with Gasteiger partial charge in [-0.05, 0) is 20.8 Å². The molecule has 4 nitrogen and oxygen atoms in total. The molecule has 1 fully saturated rings. The van der Waals surface area contributed by atoms with Gasteiger partial charge in [0.1, 0.15) is 5.60 Å². The maximum atomic E-state index is 12.6. The van der Waals surface area contributed by atoms with E-state index in [1.165, 1.54) is 0 Å². The summed E-state index contributed by atoms with van der Waals surface area (Å²) in [5.41, 5.74) is -0.718. The molecule has 2 atom stereocenters. The smallest absolute Gasteiger partial charge is 0.407 e. The summed E-state index contributed by atoms with van der Waals surface area (Å²) in [5.74, 6) is -1.56. The van der Waals surface area contributed by atoms with E-state index in [0.717, 1.165) is 0 Å². The number of rotatable bonds is 1. The van der Waals surface area contributed by atoms with Crippen molar-refractivity contribution in [2.75, 3.05) is 13.1 Å². The third kappa shape index (κ3) is 5.30. The summed E-state index contributed by atoms with van der Waals surface area (Å²) in [7, 11) is 0. The molecule has 0 aromatic carbocycles. The van der Waals surface area contributed by atoms with Crippen molar-refractivity contribution in [3.63, 3.8) is 0 Å². The third-order valence-corrected chi connectivity index (χ3v) is 2.34. The van der Waals surface area contributed by atoms with Crippen molar-refractivity contribution in [2.45, 2.75) is 38.6 Å². The molecule has 2 N–H and O–H groups in total. The van der Waals surface area contributed by atoms with Gasteiger partial charge in [0.15, 0.2) is 0 Å². The van der Waals surface area contributed by atoms with Crippen LogP contribution in [0, 0.1) is 5.92 Å². The molecule has 1 aliphatic rings. The van der Waals surface area contributed by atoms with Gasteiger partial charge in [0.25, 0.3) is 0 Å². The first-order valence-electron chi connectivity index (χ1n) is 5.36.